The van der Waals surface area contributed by atoms with E-state index in [9.17, 15) is 9.90 Å². The van der Waals surface area contributed by atoms with Crippen LogP contribution in [0, 0.1) is 5.92 Å². The summed E-state index contributed by atoms with van der Waals surface area (Å²) in [7, 11) is 1.34. The number of methoxy groups -OCH3 is 1. The van der Waals surface area contributed by atoms with E-state index in [0.29, 0.717) is 17.0 Å². The fraction of sp³-hybridized carbons (Fsp3) is 0.533. The molecule has 0 aromatic heterocycles. The summed E-state index contributed by atoms with van der Waals surface area (Å²) in [6.07, 6.45) is 2.40. The van der Waals surface area contributed by atoms with E-state index in [0.717, 1.165) is 12.8 Å². The molecular weight excluding hydrogens is 264 g/mol. The van der Waals surface area contributed by atoms with Gasteiger partial charge in [-0.2, -0.15) is 0 Å². The molecule has 1 aromatic carbocycles. The van der Waals surface area contributed by atoms with E-state index in [1.807, 2.05) is 6.92 Å². The van der Waals surface area contributed by atoms with Crippen LogP contribution in [0.4, 0.5) is 0 Å². The molecule has 1 rings (SSSR count). The van der Waals surface area contributed by atoms with Gasteiger partial charge in [0, 0.05) is 5.02 Å². The molecule has 0 bridgehead atoms. The monoisotopic (exact) mass is 284 g/mol. The van der Waals surface area contributed by atoms with Crippen molar-refractivity contribution in [1.82, 2.24) is 0 Å². The Bertz CT molecular complexity index is 429. The molecule has 0 aliphatic carbocycles. The van der Waals surface area contributed by atoms with Crippen LogP contribution in [-0.4, -0.2) is 18.2 Å². The zero-order valence-corrected chi connectivity index (χ0v) is 12.4. The average Bonchev–Trinajstić information content (AvgIpc) is 2.38. The molecule has 2 atom stereocenters. The first-order valence-electron chi connectivity index (χ1n) is 6.49. The van der Waals surface area contributed by atoms with Gasteiger partial charge in [-0.25, -0.2) is 0 Å². The molecule has 3 nitrogen and oxygen atoms in total. The molecule has 4 heteroatoms. The molecular formula is C15H21ClO3. The summed E-state index contributed by atoms with van der Waals surface area (Å²) in [6.45, 7) is 3.68. The lowest BCUT2D eigenvalue weighted by molar-refractivity contribution is -0.156. The summed E-state index contributed by atoms with van der Waals surface area (Å²) in [5.74, 6) is -0.977. The smallest absolute Gasteiger partial charge is 0.311 e. The number of unbranched alkanes of at least 4 members (excludes halogenated alkanes) is 1. The Labute approximate surface area is 119 Å². The summed E-state index contributed by atoms with van der Waals surface area (Å²) in [6, 6.07) is 6.96. The molecule has 0 saturated carbocycles. The van der Waals surface area contributed by atoms with Crippen LogP contribution >= 0.6 is 11.6 Å². The zero-order chi connectivity index (χ0) is 14.5. The molecule has 0 amide bonds. The molecule has 0 saturated heterocycles. The Morgan fingerprint density at radius 2 is 2.21 bits per heavy atom. The van der Waals surface area contributed by atoms with Gasteiger partial charge >= 0.3 is 5.97 Å². The number of aliphatic hydroxyl groups is 1. The van der Waals surface area contributed by atoms with Gasteiger partial charge in [-0.05, 0) is 31.0 Å². The van der Waals surface area contributed by atoms with E-state index in [1.165, 1.54) is 7.11 Å². The van der Waals surface area contributed by atoms with Gasteiger partial charge in [0.2, 0.25) is 0 Å². The number of halogens is 1. The van der Waals surface area contributed by atoms with Crippen molar-refractivity contribution in [2.75, 3.05) is 7.11 Å². The van der Waals surface area contributed by atoms with Crippen LogP contribution in [0.5, 0.6) is 0 Å². The maximum Gasteiger partial charge on any atom is 0.311 e. The van der Waals surface area contributed by atoms with E-state index in [1.54, 1.807) is 31.2 Å². The van der Waals surface area contributed by atoms with Crippen molar-refractivity contribution in [2.24, 2.45) is 5.92 Å². The van der Waals surface area contributed by atoms with Crippen molar-refractivity contribution >= 4 is 17.6 Å². The highest BCUT2D eigenvalue weighted by Gasteiger charge is 2.39. The molecule has 2 unspecified atom stereocenters. The van der Waals surface area contributed by atoms with Crippen LogP contribution < -0.4 is 0 Å². The zero-order valence-electron chi connectivity index (χ0n) is 11.6. The number of ether oxygens (including phenoxy) is 1. The number of hydrogen-bond acceptors (Lipinski definition) is 3. The predicted molar refractivity (Wildman–Crippen MR) is 76.1 cm³/mol. The van der Waals surface area contributed by atoms with Gasteiger partial charge in [0.1, 0.15) is 5.60 Å². The molecule has 0 spiro atoms. The van der Waals surface area contributed by atoms with Gasteiger partial charge in [0.05, 0.1) is 13.0 Å². The largest absolute Gasteiger partial charge is 0.469 e. The Morgan fingerprint density at radius 1 is 1.53 bits per heavy atom. The minimum absolute atomic E-state index is 0.390. The lowest BCUT2D eigenvalue weighted by atomic mass is 9.80. The van der Waals surface area contributed by atoms with E-state index in [2.05, 4.69) is 0 Å². The first-order valence-corrected chi connectivity index (χ1v) is 6.87. The second-order valence-corrected chi connectivity index (χ2v) is 5.31. The van der Waals surface area contributed by atoms with Gasteiger partial charge in [-0.3, -0.25) is 4.79 Å². The minimum Gasteiger partial charge on any atom is -0.469 e. The van der Waals surface area contributed by atoms with Gasteiger partial charge in [-0.15, -0.1) is 0 Å². The lowest BCUT2D eigenvalue weighted by Crippen LogP contribution is -2.38. The Morgan fingerprint density at radius 3 is 2.74 bits per heavy atom. The molecule has 0 radical (unpaired) electrons. The molecule has 1 aromatic rings. The first kappa shape index (κ1) is 16.0. The highest BCUT2D eigenvalue weighted by molar-refractivity contribution is 6.30. The van der Waals surface area contributed by atoms with Gasteiger partial charge in [0.15, 0.2) is 0 Å². The number of benzene rings is 1. The van der Waals surface area contributed by atoms with Gasteiger partial charge < -0.3 is 9.84 Å². The third-order valence-electron chi connectivity index (χ3n) is 3.42. The topological polar surface area (TPSA) is 46.5 Å². The van der Waals surface area contributed by atoms with E-state index >= 15 is 0 Å². The van der Waals surface area contributed by atoms with Crippen LogP contribution in [0.2, 0.25) is 5.02 Å². The van der Waals surface area contributed by atoms with Gasteiger partial charge in [0.25, 0.3) is 0 Å². The first-order chi connectivity index (χ1) is 8.93. The number of carbonyl (C=O) groups is 1. The third-order valence-corrected chi connectivity index (χ3v) is 3.65. The second-order valence-electron chi connectivity index (χ2n) is 4.88. The van der Waals surface area contributed by atoms with Crippen molar-refractivity contribution in [1.29, 1.82) is 0 Å². The van der Waals surface area contributed by atoms with Crippen LogP contribution in [0.1, 0.15) is 38.7 Å². The molecule has 0 fully saturated rings. The number of hydrogen-bond donors (Lipinski definition) is 1. The molecule has 0 aliphatic rings. The van der Waals surface area contributed by atoms with Gasteiger partial charge in [-0.1, -0.05) is 43.5 Å². The van der Waals surface area contributed by atoms with Crippen LogP contribution in [0.3, 0.4) is 0 Å². The molecule has 1 N–H and O–H groups in total. The summed E-state index contributed by atoms with van der Waals surface area (Å²) in [5, 5.41) is 11.3. The number of rotatable bonds is 6. The quantitative estimate of drug-likeness (QED) is 0.813. The fourth-order valence-corrected chi connectivity index (χ4v) is 2.37. The van der Waals surface area contributed by atoms with E-state index in [4.69, 9.17) is 16.3 Å². The molecule has 106 valence electrons. The maximum atomic E-state index is 11.9. The van der Waals surface area contributed by atoms with Crippen molar-refractivity contribution in [3.63, 3.8) is 0 Å². The number of esters is 1. The molecule has 19 heavy (non-hydrogen) atoms. The van der Waals surface area contributed by atoms with E-state index in [-0.39, 0.29) is 0 Å². The average molecular weight is 285 g/mol. The van der Waals surface area contributed by atoms with Crippen molar-refractivity contribution < 1.29 is 14.6 Å². The predicted octanol–water partition coefficient (Wildman–Crippen LogP) is 3.53. The van der Waals surface area contributed by atoms with Crippen LogP contribution in [0.15, 0.2) is 24.3 Å². The second kappa shape index (κ2) is 6.92. The van der Waals surface area contributed by atoms with Crippen molar-refractivity contribution in [3.8, 4) is 0 Å². The highest BCUT2D eigenvalue weighted by atomic mass is 35.5. The maximum absolute atomic E-state index is 11.9. The van der Waals surface area contributed by atoms with Crippen LogP contribution in [-0.2, 0) is 15.1 Å². The molecule has 0 aliphatic heterocycles. The highest BCUT2D eigenvalue weighted by Crippen LogP contribution is 2.34. The lowest BCUT2D eigenvalue weighted by Gasteiger charge is -2.31. The normalized spacial score (nSPS) is 15.6. The Hall–Kier alpha value is -1.06. The van der Waals surface area contributed by atoms with Crippen LogP contribution in [0.25, 0.3) is 0 Å². The summed E-state index contributed by atoms with van der Waals surface area (Å²) in [4.78, 5) is 11.9. The fourth-order valence-electron chi connectivity index (χ4n) is 2.18. The summed E-state index contributed by atoms with van der Waals surface area (Å²) >= 11 is 5.95. The Balaban J connectivity index is 3.07. The number of carbonyl (C=O) groups excluding carboxylic acids is 1. The minimum atomic E-state index is -1.28. The van der Waals surface area contributed by atoms with E-state index < -0.39 is 17.5 Å². The van der Waals surface area contributed by atoms with Crippen molar-refractivity contribution in [3.05, 3.63) is 34.9 Å². The third kappa shape index (κ3) is 3.95. The molecule has 0 heterocycles. The summed E-state index contributed by atoms with van der Waals surface area (Å²) in [5.41, 5.74) is -0.654. The summed E-state index contributed by atoms with van der Waals surface area (Å²) < 4.78 is 4.82. The van der Waals surface area contributed by atoms with Crippen molar-refractivity contribution in [2.45, 2.75) is 38.7 Å². The SMILES string of the molecule is CCCCC(C(=O)OC)C(C)(O)c1cccc(Cl)c1. The standard InChI is InChI=1S/C15H21ClO3/c1-4-5-9-13(14(17)19-3)15(2,18)11-7-6-8-12(16)10-11/h6-8,10,13,18H,4-5,9H2,1-3H3. The Kier molecular flexibility index (Phi) is 5.83.